The number of rotatable bonds is 7. The lowest BCUT2D eigenvalue weighted by Gasteiger charge is -2.36. The lowest BCUT2D eigenvalue weighted by Crippen LogP contribution is -2.42. The second-order valence-corrected chi connectivity index (χ2v) is 18.0. The molecule has 1 aromatic heterocycles. The fourth-order valence-corrected chi connectivity index (χ4v) is 5.49. The highest BCUT2D eigenvalue weighted by Gasteiger charge is 2.46. The molecule has 2 amide bonds. The van der Waals surface area contributed by atoms with Gasteiger partial charge in [0.15, 0.2) is 8.32 Å². The summed E-state index contributed by atoms with van der Waals surface area (Å²) >= 11 is 0. The van der Waals surface area contributed by atoms with E-state index in [1.165, 1.54) is 5.56 Å². The van der Waals surface area contributed by atoms with Crippen LogP contribution in [0.25, 0.3) is 0 Å². The number of nitrogens with zero attached hydrogens (tertiary/aromatic N) is 3. The van der Waals surface area contributed by atoms with Crippen LogP contribution in [0.1, 0.15) is 81.6 Å². The Hall–Kier alpha value is -2.65. The summed E-state index contributed by atoms with van der Waals surface area (Å²) < 4.78 is 13.7. The SMILES string of the molecule is CC(C)(C)OC(=O)N1CCn2ncc(C(=O)NC3(c4ccc(CCO[Si](C)(C)C(C)(C)C)cc4)CC3)c2C1. The van der Waals surface area contributed by atoms with Crippen molar-refractivity contribution in [2.24, 2.45) is 0 Å². The zero-order chi connectivity index (χ0) is 27.9. The normalized spacial score (nSPS) is 17.1. The molecular weight excluding hydrogens is 496 g/mol. The van der Waals surface area contributed by atoms with Crippen LogP contribution in [0.3, 0.4) is 0 Å². The third-order valence-electron chi connectivity index (χ3n) is 8.04. The number of fused-ring (bicyclic) bond motifs is 1. The monoisotopic (exact) mass is 540 g/mol. The number of aromatic nitrogens is 2. The van der Waals surface area contributed by atoms with Crippen molar-refractivity contribution in [3.63, 3.8) is 0 Å². The van der Waals surface area contributed by atoms with Gasteiger partial charge in [-0.2, -0.15) is 5.10 Å². The van der Waals surface area contributed by atoms with Crippen LogP contribution < -0.4 is 5.32 Å². The molecule has 0 unspecified atom stereocenters. The number of carbonyl (C=O) groups is 2. The Balaban J connectivity index is 1.38. The third-order valence-corrected chi connectivity index (χ3v) is 12.6. The number of nitrogens with one attached hydrogen (secondary N) is 1. The van der Waals surface area contributed by atoms with E-state index in [1.807, 2.05) is 25.5 Å². The summed E-state index contributed by atoms with van der Waals surface area (Å²) in [5.74, 6) is -0.151. The van der Waals surface area contributed by atoms with Gasteiger partial charge >= 0.3 is 6.09 Å². The number of hydrogen-bond acceptors (Lipinski definition) is 5. The van der Waals surface area contributed by atoms with E-state index < -0.39 is 13.9 Å². The van der Waals surface area contributed by atoms with Gasteiger partial charge in [0.1, 0.15) is 5.60 Å². The Morgan fingerprint density at radius 3 is 2.29 bits per heavy atom. The maximum absolute atomic E-state index is 13.4. The predicted octanol–water partition coefficient (Wildman–Crippen LogP) is 5.62. The largest absolute Gasteiger partial charge is 0.444 e. The summed E-state index contributed by atoms with van der Waals surface area (Å²) in [6.07, 6.45) is 3.93. The van der Waals surface area contributed by atoms with Crippen LogP contribution in [0.5, 0.6) is 0 Å². The van der Waals surface area contributed by atoms with Crippen molar-refractivity contribution in [1.82, 2.24) is 20.0 Å². The van der Waals surface area contributed by atoms with Crippen LogP contribution in [0.4, 0.5) is 4.79 Å². The van der Waals surface area contributed by atoms with Crippen molar-refractivity contribution >= 4 is 20.3 Å². The second kappa shape index (κ2) is 10.1. The molecule has 8 nitrogen and oxygen atoms in total. The number of benzene rings is 1. The van der Waals surface area contributed by atoms with E-state index in [-0.39, 0.29) is 22.6 Å². The van der Waals surface area contributed by atoms with E-state index in [1.54, 1.807) is 11.1 Å². The quantitative estimate of drug-likeness (QED) is 0.461. The zero-order valence-electron chi connectivity index (χ0n) is 24.3. The zero-order valence-corrected chi connectivity index (χ0v) is 25.3. The molecule has 208 valence electrons. The molecule has 0 atom stereocenters. The molecule has 1 saturated carbocycles. The van der Waals surface area contributed by atoms with Crippen molar-refractivity contribution < 1.29 is 18.8 Å². The topological polar surface area (TPSA) is 85.7 Å². The highest BCUT2D eigenvalue weighted by molar-refractivity contribution is 6.74. The van der Waals surface area contributed by atoms with Gasteiger partial charge < -0.3 is 19.4 Å². The van der Waals surface area contributed by atoms with Gasteiger partial charge in [-0.25, -0.2) is 4.79 Å². The number of hydrogen-bond donors (Lipinski definition) is 1. The van der Waals surface area contributed by atoms with Gasteiger partial charge in [0.25, 0.3) is 5.91 Å². The first kappa shape index (κ1) is 28.4. The molecule has 2 aromatic rings. The van der Waals surface area contributed by atoms with Gasteiger partial charge in [0.2, 0.25) is 0 Å². The van der Waals surface area contributed by atoms with E-state index in [9.17, 15) is 9.59 Å². The maximum Gasteiger partial charge on any atom is 0.410 e. The van der Waals surface area contributed by atoms with Crippen molar-refractivity contribution in [3.05, 3.63) is 52.8 Å². The molecule has 1 N–H and O–H groups in total. The van der Waals surface area contributed by atoms with Crippen LogP contribution in [-0.2, 0) is 34.2 Å². The molecular formula is C29H44N4O4Si. The molecule has 2 heterocycles. The molecule has 2 aliphatic rings. The summed E-state index contributed by atoms with van der Waals surface area (Å²) in [4.78, 5) is 27.6. The van der Waals surface area contributed by atoms with Crippen molar-refractivity contribution in [2.45, 2.75) is 103 Å². The fourth-order valence-electron chi connectivity index (χ4n) is 4.44. The minimum Gasteiger partial charge on any atom is -0.444 e. The molecule has 0 spiro atoms. The van der Waals surface area contributed by atoms with E-state index in [4.69, 9.17) is 9.16 Å². The van der Waals surface area contributed by atoms with Crippen LogP contribution in [0.2, 0.25) is 18.1 Å². The summed E-state index contributed by atoms with van der Waals surface area (Å²) in [5, 5.41) is 7.89. The molecule has 9 heteroatoms. The van der Waals surface area contributed by atoms with Gasteiger partial charge in [-0.05, 0) is 69.3 Å². The highest BCUT2D eigenvalue weighted by atomic mass is 28.4. The minimum atomic E-state index is -1.75. The van der Waals surface area contributed by atoms with Gasteiger partial charge in [-0.3, -0.25) is 9.48 Å². The second-order valence-electron chi connectivity index (χ2n) is 13.2. The lowest BCUT2D eigenvalue weighted by atomic mass is 10.0. The standard InChI is InChI=1S/C29H44N4O4Si/c1-27(2,3)37-26(35)32-16-17-33-24(20-32)23(19-30-33)25(34)31-29(14-15-29)22-11-9-21(10-12-22)13-18-36-38(7,8)28(4,5)6/h9-12,19H,13-18,20H2,1-8H3,(H,31,34). The maximum atomic E-state index is 13.4. The Bertz CT molecular complexity index is 1170. The van der Waals surface area contributed by atoms with Crippen LogP contribution >= 0.6 is 0 Å². The molecule has 0 saturated heterocycles. The molecule has 4 rings (SSSR count). The van der Waals surface area contributed by atoms with E-state index in [2.05, 4.69) is 68.5 Å². The van der Waals surface area contributed by atoms with Gasteiger partial charge in [-0.15, -0.1) is 0 Å². The Labute approximate surface area is 228 Å². The van der Waals surface area contributed by atoms with Crippen molar-refractivity contribution in [2.75, 3.05) is 13.2 Å². The summed E-state index contributed by atoms with van der Waals surface area (Å²) in [7, 11) is -1.75. The van der Waals surface area contributed by atoms with E-state index >= 15 is 0 Å². The smallest absolute Gasteiger partial charge is 0.410 e. The van der Waals surface area contributed by atoms with Gasteiger partial charge in [0, 0.05) is 13.2 Å². The molecule has 1 fully saturated rings. The Morgan fingerprint density at radius 2 is 1.71 bits per heavy atom. The van der Waals surface area contributed by atoms with Gasteiger partial charge in [-0.1, -0.05) is 45.0 Å². The van der Waals surface area contributed by atoms with Crippen LogP contribution in [-0.4, -0.2) is 53.8 Å². The molecule has 1 aliphatic carbocycles. The highest BCUT2D eigenvalue weighted by Crippen LogP contribution is 2.46. The number of carbonyl (C=O) groups excluding carboxylic acids is 2. The predicted molar refractivity (Wildman–Crippen MR) is 151 cm³/mol. The fraction of sp³-hybridized carbons (Fsp3) is 0.621. The summed E-state index contributed by atoms with van der Waals surface area (Å²) in [5.41, 5.74) is 2.71. The first-order valence-corrected chi connectivity index (χ1v) is 16.6. The Kier molecular flexibility index (Phi) is 7.57. The molecule has 0 radical (unpaired) electrons. The number of amides is 2. The van der Waals surface area contributed by atoms with Gasteiger partial charge in [0.05, 0.1) is 36.1 Å². The van der Waals surface area contributed by atoms with Crippen LogP contribution in [0, 0.1) is 0 Å². The van der Waals surface area contributed by atoms with Crippen molar-refractivity contribution in [1.29, 1.82) is 0 Å². The average Bonchev–Trinajstić information content (AvgIpc) is 3.46. The number of ether oxygens (including phenoxy) is 1. The Morgan fingerprint density at radius 1 is 1.05 bits per heavy atom. The minimum absolute atomic E-state index is 0.151. The average molecular weight is 541 g/mol. The molecule has 38 heavy (non-hydrogen) atoms. The third kappa shape index (κ3) is 6.31. The van der Waals surface area contributed by atoms with E-state index in [0.29, 0.717) is 25.2 Å². The molecule has 1 aromatic carbocycles. The van der Waals surface area contributed by atoms with E-state index in [0.717, 1.165) is 37.1 Å². The summed E-state index contributed by atoms with van der Waals surface area (Å²) in [6.45, 7) is 19.0. The summed E-state index contributed by atoms with van der Waals surface area (Å²) in [6, 6.07) is 8.56. The van der Waals surface area contributed by atoms with Crippen LogP contribution in [0.15, 0.2) is 30.5 Å². The first-order valence-electron chi connectivity index (χ1n) is 13.7. The van der Waals surface area contributed by atoms with Crippen molar-refractivity contribution in [3.8, 4) is 0 Å². The first-order chi connectivity index (χ1) is 17.6. The molecule has 0 bridgehead atoms. The lowest BCUT2D eigenvalue weighted by molar-refractivity contribution is 0.0193. The molecule has 1 aliphatic heterocycles.